The molecule has 2 heterocycles. The minimum absolute atomic E-state index is 0.387. The Balaban J connectivity index is 1.72. The smallest absolute Gasteiger partial charge is 0.493 e. The van der Waals surface area contributed by atoms with E-state index in [9.17, 15) is 0 Å². The molecule has 1 aromatic heterocycles. The molecule has 0 atom stereocenters. The summed E-state index contributed by atoms with van der Waals surface area (Å²) in [6.45, 7) is 10.7. The van der Waals surface area contributed by atoms with Gasteiger partial charge in [-0.2, -0.15) is 0 Å². The topological polar surface area (TPSA) is 53.7 Å². The third kappa shape index (κ3) is 3.13. The van der Waals surface area contributed by atoms with Crippen molar-refractivity contribution in [2.75, 3.05) is 6.61 Å². The first kappa shape index (κ1) is 18.1. The highest BCUT2D eigenvalue weighted by molar-refractivity contribution is 6.62. The van der Waals surface area contributed by atoms with Gasteiger partial charge in [0.15, 0.2) is 5.58 Å². The van der Waals surface area contributed by atoms with E-state index in [4.69, 9.17) is 18.5 Å². The molecule has 0 radical (unpaired) electrons. The quantitative estimate of drug-likeness (QED) is 0.649. The lowest BCUT2D eigenvalue weighted by Gasteiger charge is -2.32. The summed E-state index contributed by atoms with van der Waals surface area (Å²) in [7, 11) is -0.438. The number of oxazole rings is 1. The van der Waals surface area contributed by atoms with E-state index in [-0.39, 0.29) is 11.2 Å². The fraction of sp³-hybridized carbons (Fsp3) is 0.381. The van der Waals surface area contributed by atoms with Gasteiger partial charge in [0.2, 0.25) is 5.89 Å². The van der Waals surface area contributed by atoms with Crippen LogP contribution in [0.4, 0.5) is 0 Å². The van der Waals surface area contributed by atoms with Crippen molar-refractivity contribution in [3.05, 3.63) is 42.5 Å². The van der Waals surface area contributed by atoms with Crippen molar-refractivity contribution in [2.45, 2.75) is 45.8 Å². The van der Waals surface area contributed by atoms with E-state index in [0.29, 0.717) is 18.2 Å². The lowest BCUT2D eigenvalue weighted by Crippen LogP contribution is -2.41. The van der Waals surface area contributed by atoms with Gasteiger partial charge >= 0.3 is 7.12 Å². The van der Waals surface area contributed by atoms with Crippen LogP contribution in [0.1, 0.15) is 34.6 Å². The van der Waals surface area contributed by atoms with E-state index >= 15 is 0 Å². The molecular formula is C21H24BNO4. The summed E-state index contributed by atoms with van der Waals surface area (Å²) in [6.07, 6.45) is 0. The van der Waals surface area contributed by atoms with Crippen LogP contribution in [0, 0.1) is 0 Å². The van der Waals surface area contributed by atoms with Gasteiger partial charge in [0, 0.05) is 0 Å². The molecule has 1 aliphatic heterocycles. The molecule has 0 unspecified atom stereocenters. The highest BCUT2D eigenvalue weighted by Gasteiger charge is 2.51. The molecule has 5 nitrogen and oxygen atoms in total. The molecule has 1 fully saturated rings. The number of aromatic nitrogens is 1. The van der Waals surface area contributed by atoms with Crippen LogP contribution >= 0.6 is 0 Å². The Bertz CT molecular complexity index is 930. The second-order valence-electron chi connectivity index (χ2n) is 7.76. The summed E-state index contributed by atoms with van der Waals surface area (Å²) >= 11 is 0. The van der Waals surface area contributed by atoms with Gasteiger partial charge in [-0.3, -0.25) is 0 Å². The molecule has 1 aliphatic rings. The summed E-state index contributed by atoms with van der Waals surface area (Å²) in [5.41, 5.74) is 2.53. The van der Waals surface area contributed by atoms with Crippen molar-refractivity contribution in [2.24, 2.45) is 0 Å². The van der Waals surface area contributed by atoms with Gasteiger partial charge in [0.1, 0.15) is 11.3 Å². The summed E-state index contributed by atoms with van der Waals surface area (Å²) in [4.78, 5) is 4.59. The first-order valence-corrected chi connectivity index (χ1v) is 9.29. The third-order valence-corrected chi connectivity index (χ3v) is 5.36. The molecule has 0 saturated carbocycles. The summed E-state index contributed by atoms with van der Waals surface area (Å²) in [5.74, 6) is 1.25. The molecule has 3 aromatic rings. The molecule has 1 saturated heterocycles. The fourth-order valence-corrected chi connectivity index (χ4v) is 3.10. The standard InChI is InChI=1S/C21H24BNO4/c1-6-24-18-13-14(22-26-20(2,3)21(4,5)27-22)11-12-15(18)19-23-16-9-7-8-10-17(16)25-19/h7-13H,6H2,1-5H3. The second kappa shape index (κ2) is 6.39. The van der Waals surface area contributed by atoms with Crippen LogP contribution < -0.4 is 10.2 Å². The first-order chi connectivity index (χ1) is 12.8. The van der Waals surface area contributed by atoms with Crippen LogP contribution in [0.15, 0.2) is 46.9 Å². The van der Waals surface area contributed by atoms with E-state index in [0.717, 1.165) is 22.1 Å². The Kier molecular flexibility index (Phi) is 4.28. The molecule has 2 aromatic carbocycles. The van der Waals surface area contributed by atoms with E-state index in [1.54, 1.807) is 0 Å². The van der Waals surface area contributed by atoms with Gasteiger partial charge in [0.25, 0.3) is 0 Å². The Labute approximate surface area is 159 Å². The average molecular weight is 365 g/mol. The van der Waals surface area contributed by atoms with Gasteiger partial charge in [-0.25, -0.2) is 4.98 Å². The van der Waals surface area contributed by atoms with Gasteiger partial charge in [0.05, 0.1) is 23.4 Å². The molecule has 0 bridgehead atoms. The van der Waals surface area contributed by atoms with Crippen LogP contribution in [0.25, 0.3) is 22.6 Å². The van der Waals surface area contributed by atoms with Gasteiger partial charge < -0.3 is 18.5 Å². The van der Waals surface area contributed by atoms with Crippen molar-refractivity contribution in [1.29, 1.82) is 0 Å². The molecule has 4 rings (SSSR count). The third-order valence-electron chi connectivity index (χ3n) is 5.36. The number of benzene rings is 2. The van der Waals surface area contributed by atoms with Crippen LogP contribution in [-0.2, 0) is 9.31 Å². The Morgan fingerprint density at radius 3 is 2.37 bits per heavy atom. The SMILES string of the molecule is CCOc1cc(B2OC(C)(C)C(C)(C)O2)ccc1-c1nc2ccccc2o1. The summed E-state index contributed by atoms with van der Waals surface area (Å²) < 4.78 is 24.1. The lowest BCUT2D eigenvalue weighted by atomic mass is 9.78. The minimum atomic E-state index is -0.438. The molecular weight excluding hydrogens is 341 g/mol. The van der Waals surface area contributed by atoms with Crippen molar-refractivity contribution in [3.63, 3.8) is 0 Å². The van der Waals surface area contributed by atoms with Crippen LogP contribution in [0.5, 0.6) is 5.75 Å². The predicted molar refractivity (Wildman–Crippen MR) is 106 cm³/mol. The van der Waals surface area contributed by atoms with Crippen molar-refractivity contribution >= 4 is 23.7 Å². The van der Waals surface area contributed by atoms with Crippen LogP contribution in [0.2, 0.25) is 0 Å². The molecule has 0 amide bonds. The van der Waals surface area contributed by atoms with E-state index < -0.39 is 7.12 Å². The van der Waals surface area contributed by atoms with Crippen molar-refractivity contribution < 1.29 is 18.5 Å². The predicted octanol–water partition coefficient (Wildman–Crippen LogP) is 4.19. The Hall–Kier alpha value is -2.31. The average Bonchev–Trinajstić information content (AvgIpc) is 3.13. The number of nitrogens with zero attached hydrogens (tertiary/aromatic N) is 1. The lowest BCUT2D eigenvalue weighted by molar-refractivity contribution is 0.00578. The highest BCUT2D eigenvalue weighted by Crippen LogP contribution is 2.37. The zero-order valence-corrected chi connectivity index (χ0v) is 16.4. The largest absolute Gasteiger partial charge is 0.494 e. The molecule has 140 valence electrons. The maximum atomic E-state index is 6.16. The zero-order valence-electron chi connectivity index (χ0n) is 16.4. The van der Waals surface area contributed by atoms with E-state index in [1.165, 1.54) is 0 Å². The molecule has 27 heavy (non-hydrogen) atoms. The van der Waals surface area contributed by atoms with Crippen LogP contribution in [0.3, 0.4) is 0 Å². The fourth-order valence-electron chi connectivity index (χ4n) is 3.10. The number of fused-ring (bicyclic) bond motifs is 1. The molecule has 0 N–H and O–H groups in total. The van der Waals surface area contributed by atoms with Crippen LogP contribution in [-0.4, -0.2) is 29.9 Å². The number of hydrogen-bond acceptors (Lipinski definition) is 5. The molecule has 6 heteroatoms. The van der Waals surface area contributed by atoms with Crippen molar-refractivity contribution in [1.82, 2.24) is 4.98 Å². The number of hydrogen-bond donors (Lipinski definition) is 0. The number of para-hydroxylation sites is 2. The molecule has 0 aliphatic carbocycles. The van der Waals surface area contributed by atoms with Crippen molar-refractivity contribution in [3.8, 4) is 17.2 Å². The number of ether oxygens (including phenoxy) is 1. The minimum Gasteiger partial charge on any atom is -0.493 e. The Morgan fingerprint density at radius 1 is 1.00 bits per heavy atom. The van der Waals surface area contributed by atoms with Gasteiger partial charge in [-0.15, -0.1) is 0 Å². The maximum absolute atomic E-state index is 6.16. The maximum Gasteiger partial charge on any atom is 0.494 e. The van der Waals surface area contributed by atoms with Gasteiger partial charge in [-0.05, 0) is 64.3 Å². The summed E-state index contributed by atoms with van der Waals surface area (Å²) in [6, 6.07) is 13.6. The first-order valence-electron chi connectivity index (χ1n) is 9.29. The normalized spacial score (nSPS) is 18.2. The Morgan fingerprint density at radius 2 is 1.70 bits per heavy atom. The molecule has 0 spiro atoms. The zero-order chi connectivity index (χ0) is 19.2. The number of rotatable bonds is 4. The monoisotopic (exact) mass is 365 g/mol. The van der Waals surface area contributed by atoms with E-state index in [1.807, 2.05) is 77.1 Å². The van der Waals surface area contributed by atoms with Gasteiger partial charge in [-0.1, -0.05) is 18.2 Å². The summed E-state index contributed by atoms with van der Waals surface area (Å²) in [5, 5.41) is 0. The van der Waals surface area contributed by atoms with E-state index in [2.05, 4.69) is 4.98 Å². The second-order valence-corrected chi connectivity index (χ2v) is 7.76. The highest BCUT2D eigenvalue weighted by atomic mass is 16.7.